The Bertz CT molecular complexity index is 483. The minimum Gasteiger partial charge on any atom is -0.464 e. The van der Waals surface area contributed by atoms with Gasteiger partial charge in [0.1, 0.15) is 15.5 Å². The predicted octanol–water partition coefficient (Wildman–Crippen LogP) is 2.79. The molecule has 0 spiro atoms. The number of Topliss-reactive ketones (excluding diaryl/α,β-unsaturated/α-hetero) is 1. The monoisotopic (exact) mass is 285 g/mol. The minimum absolute atomic E-state index is 0.0781. The highest BCUT2D eigenvalue weighted by Crippen LogP contribution is 2.34. The van der Waals surface area contributed by atoms with Crippen molar-refractivity contribution in [3.05, 3.63) is 15.6 Å². The molecule has 6 heteroatoms. The molecule has 0 aliphatic rings. The Morgan fingerprint density at radius 1 is 1.37 bits per heavy atom. The summed E-state index contributed by atoms with van der Waals surface area (Å²) >= 11 is 1.20. The summed E-state index contributed by atoms with van der Waals surface area (Å²) in [6, 6.07) is 0. The molecular formula is C13H19NO4S. The van der Waals surface area contributed by atoms with E-state index in [0.717, 1.165) is 0 Å². The first kappa shape index (κ1) is 15.8. The predicted molar refractivity (Wildman–Crippen MR) is 72.7 cm³/mol. The molecule has 1 aromatic heterocycles. The van der Waals surface area contributed by atoms with Crippen molar-refractivity contribution in [2.45, 2.75) is 39.7 Å². The van der Waals surface area contributed by atoms with Crippen LogP contribution >= 0.6 is 11.3 Å². The van der Waals surface area contributed by atoms with E-state index in [1.165, 1.54) is 25.4 Å². The van der Waals surface area contributed by atoms with Crippen LogP contribution in [0.2, 0.25) is 0 Å². The number of esters is 1. The van der Waals surface area contributed by atoms with Crippen LogP contribution in [0.4, 0.5) is 0 Å². The Balaban J connectivity index is 3.31. The highest BCUT2D eigenvalue weighted by molar-refractivity contribution is 7.14. The van der Waals surface area contributed by atoms with Crippen LogP contribution in [-0.4, -0.2) is 30.5 Å². The molecule has 106 valence electrons. The van der Waals surface area contributed by atoms with E-state index >= 15 is 0 Å². The van der Waals surface area contributed by atoms with E-state index in [1.807, 2.05) is 20.8 Å². The first-order valence-corrected chi connectivity index (χ1v) is 6.95. The standard InChI is InChI=1S/C13H19NO4S/c1-6-13(4,18-7-2)12-14-9(11(16)17-5)10(19-12)8(3)15/h6-7H2,1-5H3. The zero-order valence-electron chi connectivity index (χ0n) is 11.9. The van der Waals surface area contributed by atoms with Gasteiger partial charge >= 0.3 is 5.97 Å². The SMILES string of the molecule is CCOC(C)(CC)c1nc(C(=O)OC)c(C(C)=O)s1. The van der Waals surface area contributed by atoms with E-state index in [9.17, 15) is 9.59 Å². The van der Waals surface area contributed by atoms with Crippen LogP contribution in [0.25, 0.3) is 0 Å². The minimum atomic E-state index is -0.595. The van der Waals surface area contributed by atoms with Gasteiger partial charge in [-0.25, -0.2) is 9.78 Å². The van der Waals surface area contributed by atoms with Crippen LogP contribution < -0.4 is 0 Å². The Hall–Kier alpha value is -1.27. The highest BCUT2D eigenvalue weighted by Gasteiger charge is 2.32. The molecule has 1 unspecified atom stereocenters. The zero-order chi connectivity index (χ0) is 14.6. The van der Waals surface area contributed by atoms with E-state index in [0.29, 0.717) is 22.9 Å². The second-order valence-electron chi connectivity index (χ2n) is 4.26. The Labute approximate surface area is 116 Å². The maximum absolute atomic E-state index is 11.7. The molecule has 1 rings (SSSR count). The van der Waals surface area contributed by atoms with Crippen molar-refractivity contribution in [2.24, 2.45) is 0 Å². The Morgan fingerprint density at radius 3 is 2.42 bits per heavy atom. The number of methoxy groups -OCH3 is 1. The molecule has 0 saturated carbocycles. The number of hydrogen-bond donors (Lipinski definition) is 0. The van der Waals surface area contributed by atoms with Gasteiger partial charge in [0.05, 0.1) is 7.11 Å². The van der Waals surface area contributed by atoms with Gasteiger partial charge in [-0.15, -0.1) is 11.3 Å². The number of ether oxygens (including phenoxy) is 2. The van der Waals surface area contributed by atoms with Gasteiger partial charge in [-0.3, -0.25) is 4.79 Å². The van der Waals surface area contributed by atoms with Crippen LogP contribution in [0.15, 0.2) is 0 Å². The molecule has 19 heavy (non-hydrogen) atoms. The molecule has 0 aliphatic heterocycles. The van der Waals surface area contributed by atoms with E-state index in [1.54, 1.807) is 0 Å². The average molecular weight is 285 g/mol. The fraction of sp³-hybridized carbons (Fsp3) is 0.615. The summed E-state index contributed by atoms with van der Waals surface area (Å²) in [4.78, 5) is 27.8. The third-order valence-corrected chi connectivity index (χ3v) is 4.32. The topological polar surface area (TPSA) is 65.5 Å². The van der Waals surface area contributed by atoms with E-state index < -0.39 is 11.6 Å². The van der Waals surface area contributed by atoms with Crippen molar-refractivity contribution in [3.8, 4) is 0 Å². The Kier molecular flexibility index (Phi) is 5.20. The van der Waals surface area contributed by atoms with Crippen LogP contribution in [0, 0.1) is 0 Å². The molecule has 1 aromatic rings. The second-order valence-corrected chi connectivity index (χ2v) is 5.26. The lowest BCUT2D eigenvalue weighted by Crippen LogP contribution is -2.25. The summed E-state index contributed by atoms with van der Waals surface area (Å²) in [7, 11) is 1.27. The number of ketones is 1. The van der Waals surface area contributed by atoms with Gasteiger partial charge in [-0.2, -0.15) is 0 Å². The first-order chi connectivity index (χ1) is 8.89. The summed E-state index contributed by atoms with van der Waals surface area (Å²) in [5, 5.41) is 0.627. The lowest BCUT2D eigenvalue weighted by atomic mass is 10.0. The van der Waals surface area contributed by atoms with Gasteiger partial charge in [-0.1, -0.05) is 6.92 Å². The maximum Gasteiger partial charge on any atom is 0.358 e. The lowest BCUT2D eigenvalue weighted by Gasteiger charge is -2.25. The number of aromatic nitrogens is 1. The third-order valence-electron chi connectivity index (χ3n) is 2.92. The molecule has 1 atom stereocenters. The van der Waals surface area contributed by atoms with E-state index in [2.05, 4.69) is 9.72 Å². The van der Waals surface area contributed by atoms with Crippen LogP contribution in [0.5, 0.6) is 0 Å². The van der Waals surface area contributed by atoms with Crippen molar-refractivity contribution in [1.29, 1.82) is 0 Å². The molecule has 0 radical (unpaired) electrons. The number of hydrogen-bond acceptors (Lipinski definition) is 6. The molecule has 1 heterocycles. The van der Waals surface area contributed by atoms with Crippen molar-refractivity contribution >= 4 is 23.1 Å². The molecule has 0 aromatic carbocycles. The molecular weight excluding hydrogens is 266 g/mol. The van der Waals surface area contributed by atoms with Gasteiger partial charge < -0.3 is 9.47 Å². The van der Waals surface area contributed by atoms with Gasteiger partial charge in [-0.05, 0) is 20.3 Å². The van der Waals surface area contributed by atoms with Crippen LogP contribution in [0.3, 0.4) is 0 Å². The second kappa shape index (κ2) is 6.25. The third kappa shape index (κ3) is 3.19. The number of carbonyl (C=O) groups excluding carboxylic acids is 2. The summed E-state index contributed by atoms with van der Waals surface area (Å²) in [5.41, 5.74) is -0.509. The number of thiazole rings is 1. The largest absolute Gasteiger partial charge is 0.464 e. The van der Waals surface area contributed by atoms with Gasteiger partial charge in [0, 0.05) is 13.5 Å². The molecule has 0 saturated heterocycles. The number of rotatable bonds is 6. The van der Waals surface area contributed by atoms with E-state index in [4.69, 9.17) is 4.74 Å². The highest BCUT2D eigenvalue weighted by atomic mass is 32.1. The molecule has 0 bridgehead atoms. The molecule has 0 fully saturated rings. The van der Waals surface area contributed by atoms with Crippen LogP contribution in [0.1, 0.15) is 59.3 Å². The maximum atomic E-state index is 11.7. The van der Waals surface area contributed by atoms with Gasteiger partial charge in [0.25, 0.3) is 0 Å². The molecule has 5 nitrogen and oxygen atoms in total. The molecule has 0 aliphatic carbocycles. The first-order valence-electron chi connectivity index (χ1n) is 6.14. The lowest BCUT2D eigenvalue weighted by molar-refractivity contribution is -0.0325. The van der Waals surface area contributed by atoms with E-state index in [-0.39, 0.29) is 11.5 Å². The smallest absolute Gasteiger partial charge is 0.358 e. The fourth-order valence-electron chi connectivity index (χ4n) is 1.65. The summed E-state index contributed by atoms with van der Waals surface area (Å²) in [6.07, 6.45) is 0.701. The average Bonchev–Trinajstić information content (AvgIpc) is 2.83. The summed E-state index contributed by atoms with van der Waals surface area (Å²) in [6.45, 7) is 7.72. The number of carbonyl (C=O) groups is 2. The fourth-order valence-corrected chi connectivity index (χ4v) is 2.77. The molecule has 0 amide bonds. The normalized spacial score (nSPS) is 13.9. The van der Waals surface area contributed by atoms with Crippen molar-refractivity contribution < 1.29 is 19.1 Å². The van der Waals surface area contributed by atoms with Crippen molar-refractivity contribution in [3.63, 3.8) is 0 Å². The van der Waals surface area contributed by atoms with Gasteiger partial charge in [0.15, 0.2) is 11.5 Å². The summed E-state index contributed by atoms with van der Waals surface area (Å²) < 4.78 is 10.4. The quantitative estimate of drug-likeness (QED) is 0.594. The summed E-state index contributed by atoms with van der Waals surface area (Å²) in [5.74, 6) is -0.790. The van der Waals surface area contributed by atoms with Gasteiger partial charge in [0.2, 0.25) is 0 Å². The van der Waals surface area contributed by atoms with Crippen LogP contribution in [-0.2, 0) is 15.1 Å². The Morgan fingerprint density at radius 2 is 2.00 bits per heavy atom. The number of nitrogens with zero attached hydrogens (tertiary/aromatic N) is 1. The van der Waals surface area contributed by atoms with Crippen molar-refractivity contribution in [2.75, 3.05) is 13.7 Å². The molecule has 0 N–H and O–H groups in total. The van der Waals surface area contributed by atoms with Crippen molar-refractivity contribution in [1.82, 2.24) is 4.98 Å². The zero-order valence-corrected chi connectivity index (χ0v) is 12.7.